The number of rotatable bonds is 2. The van der Waals surface area contributed by atoms with Crippen molar-refractivity contribution in [3.05, 3.63) is 69.8 Å². The molecule has 2 aromatic rings. The van der Waals surface area contributed by atoms with Gasteiger partial charge < -0.3 is 10.6 Å². The molecular weight excluding hydrogens is 376 g/mol. The van der Waals surface area contributed by atoms with Crippen molar-refractivity contribution >= 4 is 23.5 Å². The SMILES string of the molecule is Cc1ccc(C)c(C2=NCCC(=O)N2)c1.Cc1ccc(C)c(C2=NCCC(=O)N2)c1. The third kappa shape index (κ3) is 5.41. The van der Waals surface area contributed by atoms with Gasteiger partial charge in [-0.25, -0.2) is 0 Å². The third-order valence-corrected chi connectivity index (χ3v) is 5.03. The standard InChI is InChI=1S/2C12H14N2O/c2*1-8-3-4-9(2)10(7-8)12-13-6-5-11(15)14-12/h2*3-4,7H,5-6H2,1-2H3,(H,13,14,15). The highest BCUT2D eigenvalue weighted by molar-refractivity contribution is 6.10. The molecule has 0 unspecified atom stereocenters. The van der Waals surface area contributed by atoms with E-state index in [9.17, 15) is 9.59 Å². The van der Waals surface area contributed by atoms with Gasteiger partial charge in [0.05, 0.1) is 13.1 Å². The Morgan fingerprint density at radius 1 is 0.667 bits per heavy atom. The van der Waals surface area contributed by atoms with Gasteiger partial charge in [0.2, 0.25) is 11.8 Å². The zero-order valence-electron chi connectivity index (χ0n) is 18.0. The third-order valence-electron chi connectivity index (χ3n) is 5.03. The van der Waals surface area contributed by atoms with Gasteiger partial charge in [0.15, 0.2) is 0 Å². The van der Waals surface area contributed by atoms with Crippen LogP contribution in [0.2, 0.25) is 0 Å². The number of amidine groups is 2. The quantitative estimate of drug-likeness (QED) is 0.806. The van der Waals surface area contributed by atoms with E-state index in [4.69, 9.17) is 0 Å². The fraction of sp³-hybridized carbons (Fsp3) is 0.333. The van der Waals surface area contributed by atoms with Gasteiger partial charge in [-0.1, -0.05) is 35.4 Å². The molecule has 6 heteroatoms. The van der Waals surface area contributed by atoms with Crippen LogP contribution in [0, 0.1) is 27.7 Å². The summed E-state index contributed by atoms with van der Waals surface area (Å²) in [7, 11) is 0. The van der Waals surface area contributed by atoms with Crippen LogP contribution >= 0.6 is 0 Å². The van der Waals surface area contributed by atoms with Gasteiger partial charge in [0, 0.05) is 24.0 Å². The summed E-state index contributed by atoms with van der Waals surface area (Å²) in [5.74, 6) is 1.54. The number of carbonyl (C=O) groups excluding carboxylic acids is 2. The van der Waals surface area contributed by atoms with Crippen molar-refractivity contribution in [3.63, 3.8) is 0 Å². The van der Waals surface area contributed by atoms with Gasteiger partial charge in [0.25, 0.3) is 0 Å². The molecule has 0 atom stereocenters. The van der Waals surface area contributed by atoms with Crippen LogP contribution in [0.1, 0.15) is 46.2 Å². The Morgan fingerprint density at radius 3 is 1.43 bits per heavy atom. The Morgan fingerprint density at radius 2 is 1.07 bits per heavy atom. The van der Waals surface area contributed by atoms with Crippen molar-refractivity contribution in [2.75, 3.05) is 13.1 Å². The van der Waals surface area contributed by atoms with E-state index in [2.05, 4.69) is 44.9 Å². The zero-order valence-corrected chi connectivity index (χ0v) is 18.0. The molecule has 0 fully saturated rings. The first-order valence-electron chi connectivity index (χ1n) is 10.2. The first-order chi connectivity index (χ1) is 14.3. The van der Waals surface area contributed by atoms with Crippen LogP contribution in [-0.4, -0.2) is 36.6 Å². The molecule has 30 heavy (non-hydrogen) atoms. The van der Waals surface area contributed by atoms with Crippen LogP contribution in [0.5, 0.6) is 0 Å². The number of aliphatic imine (C=N–C) groups is 2. The van der Waals surface area contributed by atoms with Gasteiger partial charge in [-0.2, -0.15) is 0 Å². The average Bonchev–Trinajstić information content (AvgIpc) is 2.72. The summed E-state index contributed by atoms with van der Waals surface area (Å²) in [5, 5.41) is 5.62. The molecule has 2 N–H and O–H groups in total. The van der Waals surface area contributed by atoms with Gasteiger partial charge in [-0.15, -0.1) is 0 Å². The minimum atomic E-state index is 0.0564. The highest BCUT2D eigenvalue weighted by Gasteiger charge is 2.15. The zero-order chi connectivity index (χ0) is 21.7. The Hall–Kier alpha value is -3.28. The first-order valence-corrected chi connectivity index (χ1v) is 10.2. The van der Waals surface area contributed by atoms with Gasteiger partial charge in [0.1, 0.15) is 11.7 Å². The molecule has 2 aliphatic heterocycles. The molecule has 2 amide bonds. The fourth-order valence-electron chi connectivity index (χ4n) is 3.29. The number of hydrogen-bond acceptors (Lipinski definition) is 4. The lowest BCUT2D eigenvalue weighted by molar-refractivity contribution is -0.120. The van der Waals surface area contributed by atoms with Crippen LogP contribution in [0.4, 0.5) is 0 Å². The maximum Gasteiger partial charge on any atom is 0.227 e. The normalized spacial score (nSPS) is 15.9. The van der Waals surface area contributed by atoms with Gasteiger partial charge >= 0.3 is 0 Å². The molecule has 0 saturated heterocycles. The number of hydrogen-bond donors (Lipinski definition) is 2. The van der Waals surface area contributed by atoms with E-state index in [0.29, 0.717) is 37.6 Å². The predicted octanol–water partition coefficient (Wildman–Crippen LogP) is 3.14. The topological polar surface area (TPSA) is 82.9 Å². The average molecular weight is 405 g/mol. The molecule has 6 nitrogen and oxygen atoms in total. The summed E-state index contributed by atoms with van der Waals surface area (Å²) in [6.07, 6.45) is 0.989. The molecule has 0 bridgehead atoms. The summed E-state index contributed by atoms with van der Waals surface area (Å²) < 4.78 is 0. The minimum Gasteiger partial charge on any atom is -0.310 e. The second-order valence-corrected chi connectivity index (χ2v) is 7.69. The van der Waals surface area contributed by atoms with Crippen molar-refractivity contribution in [1.29, 1.82) is 0 Å². The van der Waals surface area contributed by atoms with E-state index >= 15 is 0 Å². The monoisotopic (exact) mass is 404 g/mol. The smallest absolute Gasteiger partial charge is 0.227 e. The van der Waals surface area contributed by atoms with Crippen molar-refractivity contribution in [2.24, 2.45) is 9.98 Å². The second-order valence-electron chi connectivity index (χ2n) is 7.69. The molecule has 4 rings (SSSR count). The lowest BCUT2D eigenvalue weighted by Crippen LogP contribution is -2.35. The molecule has 0 radical (unpaired) electrons. The minimum absolute atomic E-state index is 0.0564. The summed E-state index contributed by atoms with van der Waals surface area (Å²) in [6, 6.07) is 12.3. The van der Waals surface area contributed by atoms with E-state index < -0.39 is 0 Å². The predicted molar refractivity (Wildman–Crippen MR) is 120 cm³/mol. The van der Waals surface area contributed by atoms with Gasteiger partial charge in [-0.05, 0) is 51.0 Å². The van der Waals surface area contributed by atoms with E-state index in [1.165, 1.54) is 11.1 Å². The van der Waals surface area contributed by atoms with Crippen molar-refractivity contribution < 1.29 is 9.59 Å². The molecule has 0 aliphatic carbocycles. The fourth-order valence-corrected chi connectivity index (χ4v) is 3.29. The van der Waals surface area contributed by atoms with E-state index in [1.807, 2.05) is 39.8 Å². The van der Waals surface area contributed by atoms with E-state index in [0.717, 1.165) is 22.3 Å². The molecule has 0 spiro atoms. The number of nitrogens with one attached hydrogen (secondary N) is 2. The van der Waals surface area contributed by atoms with E-state index in [-0.39, 0.29) is 11.8 Å². The first kappa shape index (κ1) is 21.4. The van der Waals surface area contributed by atoms with Crippen molar-refractivity contribution in [1.82, 2.24) is 10.6 Å². The molecule has 156 valence electrons. The van der Waals surface area contributed by atoms with Crippen molar-refractivity contribution in [2.45, 2.75) is 40.5 Å². The van der Waals surface area contributed by atoms with Crippen LogP contribution in [0.15, 0.2) is 46.4 Å². The summed E-state index contributed by atoms with van der Waals surface area (Å²) in [5.41, 5.74) is 6.70. The van der Waals surface area contributed by atoms with Crippen LogP contribution in [0.3, 0.4) is 0 Å². The Kier molecular flexibility index (Phi) is 6.77. The number of amides is 2. The van der Waals surface area contributed by atoms with Crippen LogP contribution < -0.4 is 10.6 Å². The highest BCUT2D eigenvalue weighted by atomic mass is 16.2. The second kappa shape index (κ2) is 9.48. The Balaban J connectivity index is 0.000000171. The van der Waals surface area contributed by atoms with E-state index in [1.54, 1.807) is 0 Å². The molecule has 0 aromatic heterocycles. The van der Waals surface area contributed by atoms with Gasteiger partial charge in [-0.3, -0.25) is 19.6 Å². The summed E-state index contributed by atoms with van der Waals surface area (Å²) >= 11 is 0. The Bertz CT molecular complexity index is 954. The number of nitrogens with zero attached hydrogens (tertiary/aromatic N) is 2. The number of benzene rings is 2. The summed E-state index contributed by atoms with van der Waals surface area (Å²) in [6.45, 7) is 9.31. The summed E-state index contributed by atoms with van der Waals surface area (Å²) in [4.78, 5) is 31.2. The maximum atomic E-state index is 11.3. The number of aryl methyl sites for hydroxylation is 4. The van der Waals surface area contributed by atoms with Crippen LogP contribution in [-0.2, 0) is 9.59 Å². The van der Waals surface area contributed by atoms with Crippen LogP contribution in [0.25, 0.3) is 0 Å². The maximum absolute atomic E-state index is 11.3. The lowest BCUT2D eigenvalue weighted by atomic mass is 10.0. The molecule has 2 aliphatic rings. The largest absolute Gasteiger partial charge is 0.310 e. The number of carbonyl (C=O) groups is 2. The molecule has 0 saturated carbocycles. The lowest BCUT2D eigenvalue weighted by Gasteiger charge is -2.15. The molecule has 2 heterocycles. The van der Waals surface area contributed by atoms with Crippen molar-refractivity contribution in [3.8, 4) is 0 Å². The highest BCUT2D eigenvalue weighted by Crippen LogP contribution is 2.13. The Labute approximate surface area is 177 Å². The molecular formula is C24H28N4O2. The molecule has 2 aromatic carbocycles.